The molecule has 0 heterocycles. The third-order valence-electron chi connectivity index (χ3n) is 3.56. The molecule has 3 N–H and O–H groups in total. The summed E-state index contributed by atoms with van der Waals surface area (Å²) >= 11 is 0. The lowest BCUT2D eigenvalue weighted by molar-refractivity contribution is 0.292. The van der Waals surface area contributed by atoms with Crippen LogP contribution in [0.3, 0.4) is 0 Å². The molecule has 0 saturated heterocycles. The second-order valence-corrected chi connectivity index (χ2v) is 7.17. The molecule has 0 amide bonds. The van der Waals surface area contributed by atoms with Gasteiger partial charge in [-0.05, 0) is 26.7 Å². The van der Waals surface area contributed by atoms with E-state index in [1.54, 1.807) is 7.05 Å². The van der Waals surface area contributed by atoms with Crippen LogP contribution in [-0.2, 0) is 10.2 Å². The highest BCUT2D eigenvalue weighted by atomic mass is 35.5. The zero-order valence-electron chi connectivity index (χ0n) is 11.5. The van der Waals surface area contributed by atoms with Crippen molar-refractivity contribution in [1.29, 1.82) is 0 Å². The molecule has 0 atom stereocenters. The van der Waals surface area contributed by atoms with E-state index in [-0.39, 0.29) is 24.0 Å². The molecule has 18 heavy (non-hydrogen) atoms. The summed E-state index contributed by atoms with van der Waals surface area (Å²) in [4.78, 5) is 0. The Balaban J connectivity index is 0.00000289. The summed E-state index contributed by atoms with van der Waals surface area (Å²) in [5, 5.41) is 0. The Kier molecular flexibility index (Phi) is 7.10. The summed E-state index contributed by atoms with van der Waals surface area (Å²) in [5.74, 6) is 0. The molecule has 1 saturated carbocycles. The van der Waals surface area contributed by atoms with Gasteiger partial charge in [0.2, 0.25) is 0 Å². The number of rotatable bonds is 5. The first-order valence-electron chi connectivity index (χ1n) is 6.28. The second kappa shape index (κ2) is 7.05. The van der Waals surface area contributed by atoms with E-state index >= 15 is 0 Å². The lowest BCUT2D eigenvalue weighted by Crippen LogP contribution is -2.54. The van der Waals surface area contributed by atoms with Crippen molar-refractivity contribution < 1.29 is 8.42 Å². The molecule has 0 aromatic rings. The Morgan fingerprint density at radius 3 is 2.22 bits per heavy atom. The molecule has 1 fully saturated rings. The smallest absolute Gasteiger partial charge is 0.279 e. The van der Waals surface area contributed by atoms with Gasteiger partial charge in [0.1, 0.15) is 0 Å². The van der Waals surface area contributed by atoms with Gasteiger partial charge in [-0.1, -0.05) is 19.3 Å². The maximum absolute atomic E-state index is 11.9. The highest BCUT2D eigenvalue weighted by molar-refractivity contribution is 7.87. The fourth-order valence-electron chi connectivity index (χ4n) is 2.05. The number of halogens is 1. The maximum atomic E-state index is 11.9. The summed E-state index contributed by atoms with van der Waals surface area (Å²) in [6.45, 7) is 4.03. The van der Waals surface area contributed by atoms with Crippen molar-refractivity contribution in [1.82, 2.24) is 9.03 Å². The molecule has 0 unspecified atom stereocenters. The highest BCUT2D eigenvalue weighted by Crippen LogP contribution is 2.25. The summed E-state index contributed by atoms with van der Waals surface area (Å²) in [7, 11) is -1.81. The average Bonchev–Trinajstić information content (AvgIpc) is 2.27. The van der Waals surface area contributed by atoms with Crippen LogP contribution in [0.5, 0.6) is 0 Å². The van der Waals surface area contributed by atoms with Gasteiger partial charge in [0.25, 0.3) is 10.2 Å². The molecule has 0 spiro atoms. The Morgan fingerprint density at radius 1 is 1.28 bits per heavy atom. The maximum Gasteiger partial charge on any atom is 0.279 e. The quantitative estimate of drug-likeness (QED) is 0.802. The van der Waals surface area contributed by atoms with Crippen LogP contribution in [0.25, 0.3) is 0 Å². The lowest BCUT2D eigenvalue weighted by atomic mass is 9.83. The molecular formula is C11H26ClN3O2S. The van der Waals surface area contributed by atoms with Gasteiger partial charge >= 0.3 is 0 Å². The van der Waals surface area contributed by atoms with Crippen LogP contribution in [0, 0.1) is 0 Å². The van der Waals surface area contributed by atoms with Gasteiger partial charge in [0.15, 0.2) is 0 Å². The van der Waals surface area contributed by atoms with Gasteiger partial charge in [-0.15, -0.1) is 12.4 Å². The average molecular weight is 300 g/mol. The van der Waals surface area contributed by atoms with E-state index in [2.05, 4.69) is 4.72 Å². The van der Waals surface area contributed by atoms with E-state index in [9.17, 15) is 8.42 Å². The van der Waals surface area contributed by atoms with Gasteiger partial charge in [0, 0.05) is 25.2 Å². The molecule has 7 heteroatoms. The minimum Gasteiger partial charge on any atom is -0.324 e. The number of nitrogens with zero attached hydrogens (tertiary/aromatic N) is 1. The van der Waals surface area contributed by atoms with E-state index in [4.69, 9.17) is 5.73 Å². The third kappa shape index (κ3) is 5.01. The van der Waals surface area contributed by atoms with Crippen LogP contribution >= 0.6 is 12.4 Å². The predicted octanol–water partition coefficient (Wildman–Crippen LogP) is 1.24. The fourth-order valence-corrected chi connectivity index (χ4v) is 3.28. The summed E-state index contributed by atoms with van der Waals surface area (Å²) in [6, 6.07) is -0.0485. The Bertz CT molecular complexity index is 340. The first-order chi connectivity index (χ1) is 7.77. The first kappa shape index (κ1) is 18.1. The number of hydrogen-bond acceptors (Lipinski definition) is 3. The molecule has 110 valence electrons. The second-order valence-electron chi connectivity index (χ2n) is 5.36. The van der Waals surface area contributed by atoms with Gasteiger partial charge in [-0.2, -0.15) is 12.7 Å². The molecule has 0 aromatic heterocycles. The monoisotopic (exact) mass is 299 g/mol. The first-order valence-corrected chi connectivity index (χ1v) is 7.72. The minimum absolute atomic E-state index is 0. The summed E-state index contributed by atoms with van der Waals surface area (Å²) in [6.07, 6.45) is 5.20. The third-order valence-corrected chi connectivity index (χ3v) is 5.25. The molecule has 0 aliphatic heterocycles. The van der Waals surface area contributed by atoms with Crippen molar-refractivity contribution in [2.75, 3.05) is 13.6 Å². The van der Waals surface area contributed by atoms with Gasteiger partial charge < -0.3 is 5.73 Å². The van der Waals surface area contributed by atoms with Crippen LogP contribution in [0.1, 0.15) is 46.0 Å². The minimum atomic E-state index is -3.39. The molecule has 1 aliphatic rings. The van der Waals surface area contributed by atoms with Crippen LogP contribution in [0.15, 0.2) is 0 Å². The van der Waals surface area contributed by atoms with Crippen molar-refractivity contribution >= 4 is 22.6 Å². The standard InChI is InChI=1S/C11H25N3O2S.ClH/c1-10(2)14(3)17(15,16)13-9-11(12)7-5-4-6-8-11;/h10,13H,4-9,12H2,1-3H3;1H. The zero-order valence-corrected chi connectivity index (χ0v) is 13.1. The van der Waals surface area contributed by atoms with Crippen LogP contribution in [0.4, 0.5) is 0 Å². The Labute approximate surface area is 117 Å². The molecule has 0 bridgehead atoms. The van der Waals surface area contributed by atoms with Crippen LogP contribution in [-0.4, -0.2) is 37.9 Å². The van der Waals surface area contributed by atoms with Crippen molar-refractivity contribution in [3.63, 3.8) is 0 Å². The SMILES string of the molecule is CC(C)N(C)S(=O)(=O)NCC1(N)CCCCC1.Cl. The van der Waals surface area contributed by atoms with E-state index in [1.165, 1.54) is 10.7 Å². The van der Waals surface area contributed by atoms with Crippen molar-refractivity contribution in [2.24, 2.45) is 5.73 Å². The largest absolute Gasteiger partial charge is 0.324 e. The van der Waals surface area contributed by atoms with Crippen molar-refractivity contribution in [3.8, 4) is 0 Å². The summed E-state index contributed by atoms with van der Waals surface area (Å²) < 4.78 is 27.8. The van der Waals surface area contributed by atoms with E-state index in [1.807, 2.05) is 13.8 Å². The number of nitrogens with two attached hydrogens (primary N) is 1. The topological polar surface area (TPSA) is 75.4 Å². The Morgan fingerprint density at radius 2 is 1.78 bits per heavy atom. The molecule has 1 aliphatic carbocycles. The zero-order chi connectivity index (χ0) is 13.1. The summed E-state index contributed by atoms with van der Waals surface area (Å²) in [5.41, 5.74) is 5.84. The van der Waals surface area contributed by atoms with Crippen LogP contribution in [0.2, 0.25) is 0 Å². The molecular weight excluding hydrogens is 274 g/mol. The fraction of sp³-hybridized carbons (Fsp3) is 1.00. The number of nitrogens with one attached hydrogen (secondary N) is 1. The Hall–Kier alpha value is 0.120. The molecule has 5 nitrogen and oxygen atoms in total. The number of hydrogen-bond donors (Lipinski definition) is 2. The van der Waals surface area contributed by atoms with Gasteiger partial charge in [-0.25, -0.2) is 4.72 Å². The van der Waals surface area contributed by atoms with Gasteiger partial charge in [-0.3, -0.25) is 0 Å². The van der Waals surface area contributed by atoms with Gasteiger partial charge in [0.05, 0.1) is 0 Å². The van der Waals surface area contributed by atoms with Crippen molar-refractivity contribution in [3.05, 3.63) is 0 Å². The molecule has 0 aromatic carbocycles. The predicted molar refractivity (Wildman–Crippen MR) is 77.1 cm³/mol. The normalized spacial score (nSPS) is 19.9. The van der Waals surface area contributed by atoms with Crippen molar-refractivity contribution in [2.45, 2.75) is 57.5 Å². The van der Waals surface area contributed by atoms with E-state index in [0.29, 0.717) is 6.54 Å². The molecule has 0 radical (unpaired) electrons. The van der Waals surface area contributed by atoms with Crippen LogP contribution < -0.4 is 10.5 Å². The highest BCUT2D eigenvalue weighted by Gasteiger charge is 2.30. The lowest BCUT2D eigenvalue weighted by Gasteiger charge is -2.34. The van der Waals surface area contributed by atoms with E-state index in [0.717, 1.165) is 25.7 Å². The molecule has 1 rings (SSSR count). The van der Waals surface area contributed by atoms with E-state index < -0.39 is 10.2 Å².